The van der Waals surface area contributed by atoms with Crippen LogP contribution in [0.1, 0.15) is 57.8 Å². The molecule has 0 radical (unpaired) electrons. The van der Waals surface area contributed by atoms with Crippen molar-refractivity contribution >= 4 is 11.9 Å². The standard InChI is InChI=1S/C21H42N6O/c1-23-21(25-12-8-16-26-13-5-2-3-6-14-26)24-11-4-7-15-27-17-9-19(10-18-27)20(22)28/h19H,2-18H2,1H3,(H2,22,28)(H2,23,24,25). The van der Waals surface area contributed by atoms with Crippen LogP contribution in [0.5, 0.6) is 0 Å². The summed E-state index contributed by atoms with van der Waals surface area (Å²) in [7, 11) is 1.84. The molecule has 2 fully saturated rings. The number of carbonyl (C=O) groups excluding carboxylic acids is 1. The Morgan fingerprint density at radius 3 is 2.07 bits per heavy atom. The van der Waals surface area contributed by atoms with Crippen molar-refractivity contribution in [3.8, 4) is 0 Å². The predicted octanol–water partition coefficient (Wildman–Crippen LogP) is 1.40. The van der Waals surface area contributed by atoms with Crippen LogP contribution < -0.4 is 16.4 Å². The lowest BCUT2D eigenvalue weighted by Crippen LogP contribution is -2.40. The molecule has 0 saturated carbocycles. The quantitative estimate of drug-likeness (QED) is 0.296. The van der Waals surface area contributed by atoms with Gasteiger partial charge in [0.1, 0.15) is 0 Å². The fourth-order valence-corrected chi connectivity index (χ4v) is 4.20. The summed E-state index contributed by atoms with van der Waals surface area (Å²) in [5.74, 6) is 0.874. The third-order valence-electron chi connectivity index (χ3n) is 6.05. The van der Waals surface area contributed by atoms with E-state index in [0.29, 0.717) is 0 Å². The Morgan fingerprint density at radius 1 is 0.893 bits per heavy atom. The third-order valence-corrected chi connectivity index (χ3v) is 6.05. The van der Waals surface area contributed by atoms with Gasteiger partial charge < -0.3 is 26.2 Å². The zero-order valence-corrected chi connectivity index (χ0v) is 17.9. The van der Waals surface area contributed by atoms with Gasteiger partial charge in [0.25, 0.3) is 0 Å². The van der Waals surface area contributed by atoms with E-state index in [-0.39, 0.29) is 11.8 Å². The van der Waals surface area contributed by atoms with Crippen LogP contribution in [0.4, 0.5) is 0 Å². The number of primary amides is 1. The van der Waals surface area contributed by atoms with E-state index >= 15 is 0 Å². The number of guanidine groups is 1. The van der Waals surface area contributed by atoms with Crippen LogP contribution in [0.15, 0.2) is 4.99 Å². The lowest BCUT2D eigenvalue weighted by molar-refractivity contribution is -0.123. The van der Waals surface area contributed by atoms with Crippen molar-refractivity contribution in [2.75, 3.05) is 59.4 Å². The molecular formula is C21H42N6O. The molecule has 2 aliphatic heterocycles. The van der Waals surface area contributed by atoms with Gasteiger partial charge in [0.2, 0.25) is 5.91 Å². The number of aliphatic imine (C=N–C) groups is 1. The van der Waals surface area contributed by atoms with Gasteiger partial charge in [0.05, 0.1) is 0 Å². The maximum absolute atomic E-state index is 11.2. The van der Waals surface area contributed by atoms with Crippen LogP contribution in [0, 0.1) is 5.92 Å². The van der Waals surface area contributed by atoms with Gasteiger partial charge >= 0.3 is 0 Å². The molecule has 2 aliphatic rings. The largest absolute Gasteiger partial charge is 0.369 e. The average molecular weight is 395 g/mol. The maximum Gasteiger partial charge on any atom is 0.220 e. The topological polar surface area (TPSA) is 86.0 Å². The molecule has 4 N–H and O–H groups in total. The van der Waals surface area contributed by atoms with Crippen molar-refractivity contribution in [2.24, 2.45) is 16.6 Å². The van der Waals surface area contributed by atoms with Gasteiger partial charge in [-0.15, -0.1) is 0 Å². The van der Waals surface area contributed by atoms with Gasteiger partial charge in [-0.2, -0.15) is 0 Å². The van der Waals surface area contributed by atoms with E-state index in [9.17, 15) is 4.79 Å². The van der Waals surface area contributed by atoms with E-state index < -0.39 is 0 Å². The molecule has 0 aromatic carbocycles. The van der Waals surface area contributed by atoms with E-state index in [1.165, 1.54) is 58.2 Å². The van der Waals surface area contributed by atoms with E-state index in [1.807, 2.05) is 7.05 Å². The summed E-state index contributed by atoms with van der Waals surface area (Å²) in [5.41, 5.74) is 5.40. The minimum absolute atomic E-state index is 0.0895. The Morgan fingerprint density at radius 2 is 1.46 bits per heavy atom. The summed E-state index contributed by atoms with van der Waals surface area (Å²) in [6.07, 6.45) is 10.8. The minimum Gasteiger partial charge on any atom is -0.369 e. The Balaban J connectivity index is 1.45. The first kappa shape index (κ1) is 22.9. The van der Waals surface area contributed by atoms with Gasteiger partial charge in [-0.05, 0) is 84.2 Å². The second kappa shape index (κ2) is 13.8. The summed E-state index contributed by atoms with van der Waals surface area (Å²) in [4.78, 5) is 20.6. The van der Waals surface area contributed by atoms with Crippen LogP contribution in [0.3, 0.4) is 0 Å². The van der Waals surface area contributed by atoms with Crippen molar-refractivity contribution in [3.63, 3.8) is 0 Å². The molecule has 0 aromatic heterocycles. The van der Waals surface area contributed by atoms with Crippen LogP contribution in [-0.4, -0.2) is 81.1 Å². The zero-order valence-electron chi connectivity index (χ0n) is 17.9. The molecule has 0 spiro atoms. The number of unbranched alkanes of at least 4 members (excludes halogenated alkanes) is 1. The lowest BCUT2D eigenvalue weighted by Gasteiger charge is -2.30. The molecule has 7 heteroatoms. The number of carbonyl (C=O) groups is 1. The molecule has 162 valence electrons. The van der Waals surface area contributed by atoms with Gasteiger partial charge in [-0.3, -0.25) is 9.79 Å². The summed E-state index contributed by atoms with van der Waals surface area (Å²) in [6.45, 7) is 8.77. The Labute approximate surface area is 171 Å². The van der Waals surface area contributed by atoms with Crippen molar-refractivity contribution in [3.05, 3.63) is 0 Å². The zero-order chi connectivity index (χ0) is 20.0. The highest BCUT2D eigenvalue weighted by atomic mass is 16.1. The van der Waals surface area contributed by atoms with Crippen molar-refractivity contribution in [2.45, 2.75) is 57.8 Å². The molecule has 2 heterocycles. The number of hydrogen-bond donors (Lipinski definition) is 3. The first-order valence-corrected chi connectivity index (χ1v) is 11.4. The Hall–Kier alpha value is -1.34. The Bertz CT molecular complexity index is 454. The molecule has 7 nitrogen and oxygen atoms in total. The first-order chi connectivity index (χ1) is 13.7. The van der Waals surface area contributed by atoms with Crippen molar-refractivity contribution < 1.29 is 4.79 Å². The highest BCUT2D eigenvalue weighted by molar-refractivity contribution is 5.79. The average Bonchev–Trinajstić information content (AvgIpc) is 2.98. The smallest absolute Gasteiger partial charge is 0.220 e. The summed E-state index contributed by atoms with van der Waals surface area (Å²) in [6, 6.07) is 0. The summed E-state index contributed by atoms with van der Waals surface area (Å²) < 4.78 is 0. The number of nitrogens with two attached hydrogens (primary N) is 1. The first-order valence-electron chi connectivity index (χ1n) is 11.4. The van der Waals surface area contributed by atoms with E-state index in [0.717, 1.165) is 57.9 Å². The number of rotatable bonds is 10. The minimum atomic E-state index is -0.130. The molecule has 0 atom stereocenters. The number of hydrogen-bond acceptors (Lipinski definition) is 4. The number of likely N-dealkylation sites (tertiary alicyclic amines) is 2. The fourth-order valence-electron chi connectivity index (χ4n) is 4.20. The van der Waals surface area contributed by atoms with Gasteiger partial charge in [-0.25, -0.2) is 0 Å². The maximum atomic E-state index is 11.2. The van der Waals surface area contributed by atoms with E-state index in [1.54, 1.807) is 0 Å². The fraction of sp³-hybridized carbons (Fsp3) is 0.905. The number of amides is 1. The monoisotopic (exact) mass is 394 g/mol. The molecular weight excluding hydrogens is 352 g/mol. The SMILES string of the molecule is CN=C(NCCCCN1CCC(C(N)=O)CC1)NCCCN1CCCCCC1. The molecule has 2 saturated heterocycles. The Kier molecular flexibility index (Phi) is 11.3. The second-order valence-corrected chi connectivity index (χ2v) is 8.26. The third kappa shape index (κ3) is 9.24. The van der Waals surface area contributed by atoms with Gasteiger partial charge in [0.15, 0.2) is 5.96 Å². The highest BCUT2D eigenvalue weighted by Gasteiger charge is 2.22. The number of nitrogens with zero attached hydrogens (tertiary/aromatic N) is 3. The molecule has 0 bridgehead atoms. The van der Waals surface area contributed by atoms with Crippen LogP contribution in [0.25, 0.3) is 0 Å². The summed E-state index contributed by atoms with van der Waals surface area (Å²) >= 11 is 0. The van der Waals surface area contributed by atoms with E-state index in [4.69, 9.17) is 5.73 Å². The second-order valence-electron chi connectivity index (χ2n) is 8.26. The normalized spacial score (nSPS) is 20.7. The molecule has 28 heavy (non-hydrogen) atoms. The molecule has 1 amide bonds. The molecule has 0 aliphatic carbocycles. The molecule has 0 unspecified atom stereocenters. The predicted molar refractivity (Wildman–Crippen MR) is 116 cm³/mol. The van der Waals surface area contributed by atoms with Gasteiger partial charge in [0, 0.05) is 26.1 Å². The van der Waals surface area contributed by atoms with E-state index in [2.05, 4.69) is 25.4 Å². The van der Waals surface area contributed by atoms with Crippen molar-refractivity contribution in [1.29, 1.82) is 0 Å². The molecule has 2 rings (SSSR count). The van der Waals surface area contributed by atoms with Crippen LogP contribution in [0.2, 0.25) is 0 Å². The van der Waals surface area contributed by atoms with Crippen molar-refractivity contribution in [1.82, 2.24) is 20.4 Å². The summed E-state index contributed by atoms with van der Waals surface area (Å²) in [5, 5.41) is 6.86. The van der Waals surface area contributed by atoms with Crippen LogP contribution in [-0.2, 0) is 4.79 Å². The van der Waals surface area contributed by atoms with Crippen LogP contribution >= 0.6 is 0 Å². The molecule has 0 aromatic rings. The lowest BCUT2D eigenvalue weighted by atomic mass is 9.96. The number of nitrogens with one attached hydrogen (secondary N) is 2. The number of piperidine rings is 1. The highest BCUT2D eigenvalue weighted by Crippen LogP contribution is 2.16. The van der Waals surface area contributed by atoms with Gasteiger partial charge in [-0.1, -0.05) is 12.8 Å².